The van der Waals surface area contributed by atoms with Gasteiger partial charge in [0.15, 0.2) is 0 Å². The Morgan fingerprint density at radius 2 is 1.90 bits per heavy atom. The molecule has 10 heavy (non-hydrogen) atoms. The van der Waals surface area contributed by atoms with Gasteiger partial charge in [-0.3, -0.25) is 0 Å². The van der Waals surface area contributed by atoms with Gasteiger partial charge in [0.05, 0.1) is 12.4 Å². The van der Waals surface area contributed by atoms with Crippen molar-refractivity contribution in [1.82, 2.24) is 0 Å². The molecular formula is C7H15O2S+. The van der Waals surface area contributed by atoms with E-state index >= 15 is 0 Å². The zero-order chi connectivity index (χ0) is 7.72. The van der Waals surface area contributed by atoms with Crippen LogP contribution in [0.15, 0.2) is 0 Å². The quantitative estimate of drug-likeness (QED) is 0.477. The highest BCUT2D eigenvalue weighted by Crippen LogP contribution is 2.18. The van der Waals surface area contributed by atoms with Gasteiger partial charge in [0.25, 0.3) is 0 Å². The van der Waals surface area contributed by atoms with Crippen LogP contribution in [-0.4, -0.2) is 40.2 Å². The summed E-state index contributed by atoms with van der Waals surface area (Å²) in [5.41, 5.74) is 0. The van der Waals surface area contributed by atoms with Crippen LogP contribution in [0.25, 0.3) is 0 Å². The van der Waals surface area contributed by atoms with Crippen LogP contribution in [0.2, 0.25) is 0 Å². The van der Waals surface area contributed by atoms with E-state index < -0.39 is 12.2 Å². The Hall–Kier alpha value is 0.270. The van der Waals surface area contributed by atoms with Crippen LogP contribution in [0.4, 0.5) is 0 Å². The van der Waals surface area contributed by atoms with E-state index in [2.05, 4.69) is 6.26 Å². The van der Waals surface area contributed by atoms with Crippen LogP contribution in [0.5, 0.6) is 0 Å². The molecule has 0 aromatic heterocycles. The summed E-state index contributed by atoms with van der Waals surface area (Å²) in [6, 6.07) is 0. The van der Waals surface area contributed by atoms with E-state index in [-0.39, 0.29) is 5.92 Å². The summed E-state index contributed by atoms with van der Waals surface area (Å²) in [7, 11) is 0.319. The number of hydrogen-bond donors (Lipinski definition) is 2. The molecule has 1 aliphatic rings. The van der Waals surface area contributed by atoms with Crippen LogP contribution in [0.3, 0.4) is 0 Å². The molecular weight excluding hydrogens is 148 g/mol. The first-order valence-electron chi connectivity index (χ1n) is 3.56. The second-order valence-corrected chi connectivity index (χ2v) is 5.38. The largest absolute Gasteiger partial charge is 0.390 e. The maximum Gasteiger partial charge on any atom is 0.136 e. The molecule has 4 atom stereocenters. The molecule has 1 fully saturated rings. The minimum Gasteiger partial charge on any atom is -0.390 e. The first-order chi connectivity index (χ1) is 4.61. The Kier molecular flexibility index (Phi) is 2.61. The summed E-state index contributed by atoms with van der Waals surface area (Å²) in [6.45, 7) is 2.00. The summed E-state index contributed by atoms with van der Waals surface area (Å²) in [4.78, 5) is 0. The average molecular weight is 163 g/mol. The minimum absolute atomic E-state index is 0.275. The van der Waals surface area contributed by atoms with E-state index in [1.54, 1.807) is 0 Å². The molecule has 0 bridgehead atoms. The van der Waals surface area contributed by atoms with E-state index in [1.807, 2.05) is 6.92 Å². The van der Waals surface area contributed by atoms with Crippen molar-refractivity contribution in [2.45, 2.75) is 19.1 Å². The van der Waals surface area contributed by atoms with Crippen LogP contribution < -0.4 is 0 Å². The standard InChI is InChI=1S/C7H15O2S/c1-5-3-10(2)4-6(8)7(5)9/h5-9H,3-4H2,1-2H3/q+1/t5-,6+,7-,10?/m1/s1. The van der Waals surface area contributed by atoms with Crippen LogP contribution in [0, 0.1) is 5.92 Å². The molecule has 0 radical (unpaired) electrons. The molecule has 1 rings (SSSR count). The van der Waals surface area contributed by atoms with E-state index in [0.29, 0.717) is 10.9 Å². The third-order valence-corrected chi connectivity index (χ3v) is 3.99. The average Bonchev–Trinajstić information content (AvgIpc) is 1.82. The molecule has 3 heteroatoms. The Labute approximate surface area is 64.6 Å². The molecule has 0 aliphatic carbocycles. The van der Waals surface area contributed by atoms with Crippen molar-refractivity contribution in [2.24, 2.45) is 5.92 Å². The molecule has 2 N–H and O–H groups in total. The van der Waals surface area contributed by atoms with E-state index in [1.165, 1.54) is 0 Å². The van der Waals surface area contributed by atoms with Gasteiger partial charge >= 0.3 is 0 Å². The maximum atomic E-state index is 9.32. The Balaban J connectivity index is 2.49. The lowest BCUT2D eigenvalue weighted by Gasteiger charge is -2.27. The number of hydrogen-bond acceptors (Lipinski definition) is 2. The first-order valence-corrected chi connectivity index (χ1v) is 5.53. The SMILES string of the molecule is C[C@@H]1C[S+](C)C[C@H](O)[C@@H]1O. The lowest BCUT2D eigenvalue weighted by atomic mass is 10.0. The highest BCUT2D eigenvalue weighted by molar-refractivity contribution is 7.96. The number of aliphatic hydroxyl groups is 2. The fourth-order valence-corrected chi connectivity index (χ4v) is 3.40. The first kappa shape index (κ1) is 8.37. The van der Waals surface area contributed by atoms with Crippen LogP contribution in [-0.2, 0) is 10.9 Å². The van der Waals surface area contributed by atoms with Crippen molar-refractivity contribution in [2.75, 3.05) is 17.8 Å². The molecule has 0 aromatic rings. The number of rotatable bonds is 0. The van der Waals surface area contributed by atoms with Gasteiger partial charge in [-0.15, -0.1) is 0 Å². The minimum atomic E-state index is -0.483. The predicted octanol–water partition coefficient (Wildman–Crippen LogP) is -0.394. The molecule has 0 amide bonds. The highest BCUT2D eigenvalue weighted by Gasteiger charge is 2.36. The lowest BCUT2D eigenvalue weighted by Crippen LogP contribution is -2.45. The molecule has 1 aliphatic heterocycles. The zero-order valence-corrected chi connectivity index (χ0v) is 7.27. The molecule has 2 nitrogen and oxygen atoms in total. The lowest BCUT2D eigenvalue weighted by molar-refractivity contribution is 0.00174. The molecule has 0 spiro atoms. The van der Waals surface area contributed by atoms with Gasteiger partial charge in [0.2, 0.25) is 0 Å². The van der Waals surface area contributed by atoms with Gasteiger partial charge in [-0.1, -0.05) is 6.92 Å². The van der Waals surface area contributed by atoms with Crippen molar-refractivity contribution in [3.8, 4) is 0 Å². The zero-order valence-electron chi connectivity index (χ0n) is 6.45. The molecule has 1 unspecified atom stereocenters. The summed E-state index contributed by atoms with van der Waals surface area (Å²) in [5, 5.41) is 18.6. The van der Waals surface area contributed by atoms with Crippen molar-refractivity contribution < 1.29 is 10.2 Å². The summed E-state index contributed by atoms with van der Waals surface area (Å²) >= 11 is 0. The van der Waals surface area contributed by atoms with Crippen molar-refractivity contribution in [3.05, 3.63) is 0 Å². The predicted molar refractivity (Wildman–Crippen MR) is 44.2 cm³/mol. The Morgan fingerprint density at radius 1 is 1.30 bits per heavy atom. The molecule has 0 saturated carbocycles. The molecule has 1 heterocycles. The van der Waals surface area contributed by atoms with E-state index in [9.17, 15) is 10.2 Å². The Bertz CT molecular complexity index is 106. The van der Waals surface area contributed by atoms with Gasteiger partial charge < -0.3 is 10.2 Å². The maximum absolute atomic E-state index is 9.32. The second-order valence-electron chi connectivity index (χ2n) is 3.15. The second kappa shape index (κ2) is 3.11. The molecule has 1 saturated heterocycles. The highest BCUT2D eigenvalue weighted by atomic mass is 32.2. The third-order valence-electron chi connectivity index (χ3n) is 1.98. The van der Waals surface area contributed by atoms with Crippen molar-refractivity contribution in [1.29, 1.82) is 0 Å². The fourth-order valence-electron chi connectivity index (χ4n) is 1.38. The topological polar surface area (TPSA) is 40.5 Å². The van der Waals surface area contributed by atoms with Crippen molar-refractivity contribution >= 4 is 10.9 Å². The fraction of sp³-hybridized carbons (Fsp3) is 1.00. The van der Waals surface area contributed by atoms with Crippen molar-refractivity contribution in [3.63, 3.8) is 0 Å². The molecule has 0 aromatic carbocycles. The summed E-state index contributed by atoms with van der Waals surface area (Å²) < 4.78 is 0. The van der Waals surface area contributed by atoms with Gasteiger partial charge in [-0.2, -0.15) is 0 Å². The van der Waals surface area contributed by atoms with Gasteiger partial charge in [-0.05, 0) is 10.9 Å². The smallest absolute Gasteiger partial charge is 0.136 e. The van der Waals surface area contributed by atoms with E-state index in [4.69, 9.17) is 0 Å². The normalized spacial score (nSPS) is 49.2. The van der Waals surface area contributed by atoms with Gasteiger partial charge in [-0.25, -0.2) is 0 Å². The van der Waals surface area contributed by atoms with Gasteiger partial charge in [0, 0.05) is 5.92 Å². The number of aliphatic hydroxyl groups excluding tert-OH is 2. The Morgan fingerprint density at radius 3 is 2.40 bits per heavy atom. The van der Waals surface area contributed by atoms with E-state index in [0.717, 1.165) is 11.5 Å². The monoisotopic (exact) mass is 163 g/mol. The van der Waals surface area contributed by atoms with Crippen LogP contribution >= 0.6 is 0 Å². The van der Waals surface area contributed by atoms with Crippen LogP contribution in [0.1, 0.15) is 6.92 Å². The summed E-state index contributed by atoms with van der Waals surface area (Å²) in [5.74, 6) is 2.13. The summed E-state index contributed by atoms with van der Waals surface area (Å²) in [6.07, 6.45) is 1.19. The van der Waals surface area contributed by atoms with Gasteiger partial charge in [0.1, 0.15) is 17.6 Å². The molecule has 60 valence electrons. The third kappa shape index (κ3) is 1.65.